The minimum Gasteiger partial charge on any atom is -0.342 e. The van der Waals surface area contributed by atoms with Crippen LogP contribution in [0.15, 0.2) is 0 Å². The lowest BCUT2D eigenvalue weighted by Gasteiger charge is -2.32. The quantitative estimate of drug-likeness (QED) is 0.833. The van der Waals surface area contributed by atoms with Gasteiger partial charge in [0.15, 0.2) is 0 Å². The molecular formula is C12H25ClN2O3S. The van der Waals surface area contributed by atoms with Crippen molar-refractivity contribution in [1.29, 1.82) is 0 Å². The summed E-state index contributed by atoms with van der Waals surface area (Å²) in [7, 11) is -1.38. The molecule has 0 aromatic heterocycles. The number of sulfone groups is 1. The molecule has 7 heteroatoms. The average Bonchev–Trinajstić information content (AvgIpc) is 2.24. The van der Waals surface area contributed by atoms with E-state index in [-0.39, 0.29) is 42.1 Å². The molecule has 0 aromatic carbocycles. The van der Waals surface area contributed by atoms with Crippen molar-refractivity contribution >= 4 is 28.2 Å². The van der Waals surface area contributed by atoms with Crippen LogP contribution in [0.3, 0.4) is 0 Å². The minimum atomic E-state index is -3.06. The summed E-state index contributed by atoms with van der Waals surface area (Å²) in [6.07, 6.45) is 4.73. The average molecular weight is 313 g/mol. The van der Waals surface area contributed by atoms with E-state index >= 15 is 0 Å². The Morgan fingerprint density at radius 3 is 2.47 bits per heavy atom. The lowest BCUT2D eigenvalue weighted by atomic mass is 9.85. The third-order valence-electron chi connectivity index (χ3n) is 3.62. The number of amides is 1. The van der Waals surface area contributed by atoms with Gasteiger partial charge in [-0.1, -0.05) is 6.42 Å². The second-order valence-corrected chi connectivity index (χ2v) is 7.70. The number of hydrogen-bond donors (Lipinski definition) is 1. The van der Waals surface area contributed by atoms with Crippen molar-refractivity contribution in [1.82, 2.24) is 4.90 Å². The third kappa shape index (κ3) is 6.10. The molecule has 1 saturated carbocycles. The van der Waals surface area contributed by atoms with Crippen LogP contribution in [0.1, 0.15) is 32.6 Å². The van der Waals surface area contributed by atoms with E-state index in [1.165, 1.54) is 6.26 Å². The largest absolute Gasteiger partial charge is 0.342 e. The molecule has 0 bridgehead atoms. The molecule has 1 aliphatic carbocycles. The van der Waals surface area contributed by atoms with E-state index in [1.807, 2.05) is 0 Å². The zero-order valence-corrected chi connectivity index (χ0v) is 13.5. The van der Waals surface area contributed by atoms with Crippen LogP contribution in [0.4, 0.5) is 0 Å². The van der Waals surface area contributed by atoms with Crippen molar-refractivity contribution in [3.63, 3.8) is 0 Å². The van der Waals surface area contributed by atoms with Gasteiger partial charge in [-0.25, -0.2) is 8.42 Å². The Hall–Kier alpha value is -0.330. The first-order chi connectivity index (χ1) is 8.20. The molecule has 5 nitrogen and oxygen atoms in total. The topological polar surface area (TPSA) is 80.5 Å². The monoisotopic (exact) mass is 312 g/mol. The SMILES string of the molecule is CC(CS(C)(=O)=O)N(C)C(=O)C1CCCC(N)C1.Cl. The fourth-order valence-corrected chi connectivity index (χ4v) is 3.61. The minimum absolute atomic E-state index is 0. The van der Waals surface area contributed by atoms with Crippen molar-refractivity contribution in [2.45, 2.75) is 44.7 Å². The van der Waals surface area contributed by atoms with Crippen molar-refractivity contribution in [3.05, 3.63) is 0 Å². The molecule has 0 heterocycles. The zero-order chi connectivity index (χ0) is 13.9. The highest BCUT2D eigenvalue weighted by atomic mass is 35.5. The van der Waals surface area contributed by atoms with E-state index in [4.69, 9.17) is 5.73 Å². The number of nitrogens with two attached hydrogens (primary N) is 1. The number of hydrogen-bond acceptors (Lipinski definition) is 4. The lowest BCUT2D eigenvalue weighted by molar-refractivity contribution is -0.136. The molecule has 3 atom stereocenters. The molecule has 0 aliphatic heterocycles. The predicted octanol–water partition coefficient (Wildman–Crippen LogP) is 0.817. The molecule has 3 unspecified atom stereocenters. The molecule has 0 spiro atoms. The smallest absolute Gasteiger partial charge is 0.225 e. The third-order valence-corrected chi connectivity index (χ3v) is 4.70. The predicted molar refractivity (Wildman–Crippen MR) is 79.1 cm³/mol. The summed E-state index contributed by atoms with van der Waals surface area (Å²) in [5.41, 5.74) is 5.87. The van der Waals surface area contributed by atoms with Crippen LogP contribution in [0.5, 0.6) is 0 Å². The number of halogens is 1. The van der Waals surface area contributed by atoms with Gasteiger partial charge in [0.05, 0.1) is 5.75 Å². The summed E-state index contributed by atoms with van der Waals surface area (Å²) in [5, 5.41) is 0. The van der Waals surface area contributed by atoms with E-state index < -0.39 is 9.84 Å². The second-order valence-electron chi connectivity index (χ2n) is 5.51. The number of rotatable bonds is 4. The first-order valence-corrected chi connectivity index (χ1v) is 8.46. The highest BCUT2D eigenvalue weighted by Gasteiger charge is 2.30. The molecule has 114 valence electrons. The maximum absolute atomic E-state index is 12.2. The lowest BCUT2D eigenvalue weighted by Crippen LogP contribution is -2.44. The standard InChI is InChI=1S/C12H24N2O3S.ClH/c1-9(8-18(3,16)17)14(2)12(15)10-5-4-6-11(13)7-10;/h9-11H,4-8,13H2,1-3H3;1H. The van der Waals surface area contributed by atoms with Crippen LogP contribution >= 0.6 is 12.4 Å². The molecular weight excluding hydrogens is 288 g/mol. The fourth-order valence-electron chi connectivity index (χ4n) is 2.51. The molecule has 1 amide bonds. The highest BCUT2D eigenvalue weighted by molar-refractivity contribution is 7.90. The van der Waals surface area contributed by atoms with Gasteiger partial charge in [-0.2, -0.15) is 0 Å². The van der Waals surface area contributed by atoms with E-state index in [9.17, 15) is 13.2 Å². The van der Waals surface area contributed by atoms with Crippen LogP contribution in [-0.4, -0.2) is 50.4 Å². The molecule has 1 aliphatic rings. The van der Waals surface area contributed by atoms with Gasteiger partial charge in [-0.15, -0.1) is 12.4 Å². The van der Waals surface area contributed by atoms with Crippen LogP contribution in [0.25, 0.3) is 0 Å². The number of carbonyl (C=O) groups is 1. The molecule has 1 rings (SSSR count). The van der Waals surface area contributed by atoms with E-state index in [0.29, 0.717) is 0 Å². The van der Waals surface area contributed by atoms with Crippen molar-refractivity contribution in [2.75, 3.05) is 19.1 Å². The van der Waals surface area contributed by atoms with Crippen molar-refractivity contribution in [2.24, 2.45) is 11.7 Å². The maximum atomic E-state index is 12.2. The van der Waals surface area contributed by atoms with Gasteiger partial charge in [-0.3, -0.25) is 4.79 Å². The highest BCUT2D eigenvalue weighted by Crippen LogP contribution is 2.25. The van der Waals surface area contributed by atoms with E-state index in [0.717, 1.165) is 25.7 Å². The van der Waals surface area contributed by atoms with Crippen LogP contribution in [0, 0.1) is 5.92 Å². The first kappa shape index (κ1) is 18.7. The van der Waals surface area contributed by atoms with Crippen LogP contribution in [-0.2, 0) is 14.6 Å². The summed E-state index contributed by atoms with van der Waals surface area (Å²) in [6, 6.07) is -0.183. The number of carbonyl (C=O) groups excluding carboxylic acids is 1. The molecule has 2 N–H and O–H groups in total. The molecule has 19 heavy (non-hydrogen) atoms. The van der Waals surface area contributed by atoms with Gasteiger partial charge in [0.25, 0.3) is 0 Å². The Kier molecular flexibility index (Phi) is 7.32. The Bertz CT molecular complexity index is 400. The first-order valence-electron chi connectivity index (χ1n) is 6.40. The summed E-state index contributed by atoms with van der Waals surface area (Å²) in [4.78, 5) is 13.8. The van der Waals surface area contributed by atoms with Gasteiger partial charge in [-0.05, 0) is 26.2 Å². The maximum Gasteiger partial charge on any atom is 0.225 e. The second kappa shape index (κ2) is 7.45. The zero-order valence-electron chi connectivity index (χ0n) is 11.8. The van der Waals surface area contributed by atoms with Crippen LogP contribution in [0.2, 0.25) is 0 Å². The Balaban J connectivity index is 0.00000324. The molecule has 0 aromatic rings. The molecule has 1 fully saturated rings. The summed E-state index contributed by atoms with van der Waals surface area (Å²) in [6.45, 7) is 1.77. The Morgan fingerprint density at radius 2 is 2.00 bits per heavy atom. The van der Waals surface area contributed by atoms with Gasteiger partial charge in [0, 0.05) is 31.3 Å². The van der Waals surface area contributed by atoms with Gasteiger partial charge in [0.1, 0.15) is 9.84 Å². The molecule has 0 saturated heterocycles. The summed E-state index contributed by atoms with van der Waals surface area (Å²) < 4.78 is 22.5. The van der Waals surface area contributed by atoms with Crippen molar-refractivity contribution in [3.8, 4) is 0 Å². The normalized spacial score (nSPS) is 25.3. The van der Waals surface area contributed by atoms with Crippen LogP contribution < -0.4 is 5.73 Å². The van der Waals surface area contributed by atoms with Gasteiger partial charge < -0.3 is 10.6 Å². The van der Waals surface area contributed by atoms with Gasteiger partial charge in [0.2, 0.25) is 5.91 Å². The van der Waals surface area contributed by atoms with E-state index in [2.05, 4.69) is 0 Å². The number of nitrogens with zero attached hydrogens (tertiary/aromatic N) is 1. The van der Waals surface area contributed by atoms with Gasteiger partial charge >= 0.3 is 0 Å². The summed E-state index contributed by atoms with van der Waals surface area (Å²) in [5.74, 6) is -0.00403. The summed E-state index contributed by atoms with van der Waals surface area (Å²) >= 11 is 0. The Labute approximate surface area is 122 Å². The van der Waals surface area contributed by atoms with Crippen molar-refractivity contribution < 1.29 is 13.2 Å². The molecule has 0 radical (unpaired) electrons. The van der Waals surface area contributed by atoms with E-state index in [1.54, 1.807) is 18.9 Å². The Morgan fingerprint density at radius 1 is 1.42 bits per heavy atom. The fraction of sp³-hybridized carbons (Fsp3) is 0.917.